The summed E-state index contributed by atoms with van der Waals surface area (Å²) in [5.74, 6) is 1.21. The molecule has 3 rings (SSSR count). The van der Waals surface area contributed by atoms with Crippen LogP contribution in [-0.4, -0.2) is 52.5 Å². The second kappa shape index (κ2) is 8.30. The van der Waals surface area contributed by atoms with Crippen LogP contribution in [0.1, 0.15) is 32.3 Å². The van der Waals surface area contributed by atoms with E-state index in [1.807, 2.05) is 17.0 Å². The molecule has 0 radical (unpaired) electrons. The zero-order valence-electron chi connectivity index (χ0n) is 16.0. The molecule has 8 nitrogen and oxygen atoms in total. The average molecular weight is 371 g/mol. The molecular formula is C19H25N5O3. The minimum absolute atomic E-state index is 0.0276. The van der Waals surface area contributed by atoms with Gasteiger partial charge in [0.15, 0.2) is 0 Å². The molecule has 2 heterocycles. The Hall–Kier alpha value is -2.74. The van der Waals surface area contributed by atoms with Crippen LogP contribution in [0.5, 0.6) is 11.6 Å². The van der Waals surface area contributed by atoms with Crippen molar-refractivity contribution in [1.29, 1.82) is 0 Å². The van der Waals surface area contributed by atoms with Crippen molar-refractivity contribution in [3.63, 3.8) is 0 Å². The highest BCUT2D eigenvalue weighted by atomic mass is 16.6. The molecular weight excluding hydrogens is 346 g/mol. The van der Waals surface area contributed by atoms with Crippen LogP contribution in [0.4, 0.5) is 11.5 Å². The standard InChI is InChI=1S/C19H25N5O3/c1-4-22-9-11-23(12-10-22)18-17(24(25)26)19(21-13-20-18)27-16-7-5-15(6-8-16)14(2)3/h5-8,13-14H,4,9-12H2,1-3H3. The number of likely N-dealkylation sites (N-methyl/N-ethyl adjacent to an activating group) is 1. The van der Waals surface area contributed by atoms with Crippen LogP contribution in [0.3, 0.4) is 0 Å². The summed E-state index contributed by atoms with van der Waals surface area (Å²) in [4.78, 5) is 23.7. The van der Waals surface area contributed by atoms with Gasteiger partial charge in [0.05, 0.1) is 4.92 Å². The van der Waals surface area contributed by atoms with Crippen molar-refractivity contribution in [2.75, 3.05) is 37.6 Å². The van der Waals surface area contributed by atoms with Crippen LogP contribution < -0.4 is 9.64 Å². The van der Waals surface area contributed by atoms with Gasteiger partial charge in [0.2, 0.25) is 5.82 Å². The number of rotatable bonds is 6. The summed E-state index contributed by atoms with van der Waals surface area (Å²) in [5.41, 5.74) is 0.990. The summed E-state index contributed by atoms with van der Waals surface area (Å²) in [6, 6.07) is 7.53. The highest BCUT2D eigenvalue weighted by Gasteiger charge is 2.30. The fourth-order valence-corrected chi connectivity index (χ4v) is 3.13. The fraction of sp³-hybridized carbons (Fsp3) is 0.474. The molecule has 0 amide bonds. The number of aromatic nitrogens is 2. The smallest absolute Gasteiger partial charge is 0.373 e. The van der Waals surface area contributed by atoms with Gasteiger partial charge in [-0.25, -0.2) is 4.98 Å². The van der Waals surface area contributed by atoms with Gasteiger partial charge in [-0.05, 0) is 30.2 Å². The number of hydrogen-bond acceptors (Lipinski definition) is 7. The second-order valence-electron chi connectivity index (χ2n) is 6.86. The Morgan fingerprint density at radius 3 is 2.37 bits per heavy atom. The third-order valence-corrected chi connectivity index (χ3v) is 4.83. The first kappa shape index (κ1) is 19.0. The number of nitrogens with zero attached hydrogens (tertiary/aromatic N) is 5. The first-order valence-corrected chi connectivity index (χ1v) is 9.24. The molecule has 1 fully saturated rings. The molecule has 1 aromatic carbocycles. The molecule has 1 aliphatic heterocycles. The molecule has 0 N–H and O–H groups in total. The summed E-state index contributed by atoms with van der Waals surface area (Å²) in [6.45, 7) is 10.4. The summed E-state index contributed by atoms with van der Waals surface area (Å²) < 4.78 is 5.75. The topological polar surface area (TPSA) is 84.6 Å². The number of piperazine rings is 1. The first-order valence-electron chi connectivity index (χ1n) is 9.24. The number of anilines is 1. The van der Waals surface area contributed by atoms with Gasteiger partial charge in [-0.1, -0.05) is 32.9 Å². The fourth-order valence-electron chi connectivity index (χ4n) is 3.13. The summed E-state index contributed by atoms with van der Waals surface area (Å²) in [7, 11) is 0. The maximum absolute atomic E-state index is 11.7. The van der Waals surface area contributed by atoms with E-state index in [0.29, 0.717) is 30.6 Å². The van der Waals surface area contributed by atoms with Gasteiger partial charge < -0.3 is 14.5 Å². The number of nitro groups is 1. The van der Waals surface area contributed by atoms with Gasteiger partial charge in [-0.15, -0.1) is 0 Å². The summed E-state index contributed by atoms with van der Waals surface area (Å²) in [6.07, 6.45) is 1.33. The van der Waals surface area contributed by atoms with Crippen LogP contribution in [0, 0.1) is 10.1 Å². The zero-order valence-corrected chi connectivity index (χ0v) is 16.0. The number of benzene rings is 1. The molecule has 0 aliphatic carbocycles. The Labute approximate surface area is 158 Å². The maximum Gasteiger partial charge on any atom is 0.373 e. The van der Waals surface area contributed by atoms with Crippen molar-refractivity contribution in [3.05, 3.63) is 46.3 Å². The van der Waals surface area contributed by atoms with Crippen LogP contribution in [-0.2, 0) is 0 Å². The first-order chi connectivity index (χ1) is 13.0. The van der Waals surface area contributed by atoms with Crippen molar-refractivity contribution >= 4 is 11.5 Å². The average Bonchev–Trinajstić information content (AvgIpc) is 2.68. The lowest BCUT2D eigenvalue weighted by atomic mass is 10.0. The normalized spacial score (nSPS) is 15.2. The van der Waals surface area contributed by atoms with E-state index < -0.39 is 4.92 Å². The van der Waals surface area contributed by atoms with Crippen LogP contribution in [0.15, 0.2) is 30.6 Å². The predicted octanol–water partition coefficient (Wildman–Crippen LogP) is 3.44. The van der Waals surface area contributed by atoms with Gasteiger partial charge in [-0.2, -0.15) is 4.98 Å². The number of hydrogen-bond donors (Lipinski definition) is 0. The minimum Gasteiger partial charge on any atom is -0.434 e. The third-order valence-electron chi connectivity index (χ3n) is 4.83. The second-order valence-corrected chi connectivity index (χ2v) is 6.86. The van der Waals surface area contributed by atoms with E-state index in [-0.39, 0.29) is 11.6 Å². The van der Waals surface area contributed by atoms with Gasteiger partial charge >= 0.3 is 11.6 Å². The van der Waals surface area contributed by atoms with Crippen LogP contribution in [0.2, 0.25) is 0 Å². The van der Waals surface area contributed by atoms with Crippen molar-refractivity contribution in [2.45, 2.75) is 26.7 Å². The lowest BCUT2D eigenvalue weighted by molar-refractivity contribution is -0.385. The molecule has 0 spiro atoms. The van der Waals surface area contributed by atoms with Crippen molar-refractivity contribution in [2.24, 2.45) is 0 Å². The van der Waals surface area contributed by atoms with E-state index in [0.717, 1.165) is 19.6 Å². The van der Waals surface area contributed by atoms with Crippen molar-refractivity contribution in [1.82, 2.24) is 14.9 Å². The van der Waals surface area contributed by atoms with Gasteiger partial charge in [0, 0.05) is 26.2 Å². The molecule has 0 unspecified atom stereocenters. The molecule has 1 aliphatic rings. The Bertz CT molecular complexity index is 786. The predicted molar refractivity (Wildman–Crippen MR) is 104 cm³/mol. The maximum atomic E-state index is 11.7. The molecule has 1 aromatic heterocycles. The quantitative estimate of drug-likeness (QED) is 0.568. The lowest BCUT2D eigenvalue weighted by Gasteiger charge is -2.34. The largest absolute Gasteiger partial charge is 0.434 e. The van der Waals surface area contributed by atoms with E-state index in [9.17, 15) is 10.1 Å². The Morgan fingerprint density at radius 2 is 1.81 bits per heavy atom. The SMILES string of the molecule is CCN1CCN(c2ncnc(Oc3ccc(C(C)C)cc3)c2[N+](=O)[O-])CC1. The summed E-state index contributed by atoms with van der Waals surface area (Å²) in [5, 5.41) is 11.7. The van der Waals surface area contributed by atoms with Gasteiger partial charge in [0.1, 0.15) is 12.1 Å². The van der Waals surface area contributed by atoms with E-state index in [1.54, 1.807) is 12.1 Å². The molecule has 0 atom stereocenters. The molecule has 144 valence electrons. The highest BCUT2D eigenvalue weighted by molar-refractivity contribution is 5.63. The van der Waals surface area contributed by atoms with Crippen molar-refractivity contribution in [3.8, 4) is 11.6 Å². The van der Waals surface area contributed by atoms with E-state index in [4.69, 9.17) is 4.74 Å². The molecule has 0 bridgehead atoms. The molecule has 1 saturated heterocycles. The van der Waals surface area contributed by atoms with E-state index in [2.05, 4.69) is 35.6 Å². The number of ether oxygens (including phenoxy) is 1. The molecule has 2 aromatic rings. The lowest BCUT2D eigenvalue weighted by Crippen LogP contribution is -2.46. The zero-order chi connectivity index (χ0) is 19.4. The van der Waals surface area contributed by atoms with E-state index >= 15 is 0 Å². The molecule has 0 saturated carbocycles. The highest BCUT2D eigenvalue weighted by Crippen LogP contribution is 2.36. The Balaban J connectivity index is 1.86. The summed E-state index contributed by atoms with van der Waals surface area (Å²) >= 11 is 0. The molecule has 27 heavy (non-hydrogen) atoms. The third kappa shape index (κ3) is 4.33. The van der Waals surface area contributed by atoms with E-state index in [1.165, 1.54) is 11.9 Å². The Kier molecular flexibility index (Phi) is 5.85. The molecule has 8 heteroatoms. The minimum atomic E-state index is -0.459. The monoisotopic (exact) mass is 371 g/mol. The van der Waals surface area contributed by atoms with Crippen molar-refractivity contribution < 1.29 is 9.66 Å². The van der Waals surface area contributed by atoms with Crippen LogP contribution >= 0.6 is 0 Å². The van der Waals surface area contributed by atoms with Gasteiger partial charge in [0.25, 0.3) is 0 Å². The van der Waals surface area contributed by atoms with Crippen LogP contribution in [0.25, 0.3) is 0 Å². The van der Waals surface area contributed by atoms with Gasteiger partial charge in [-0.3, -0.25) is 10.1 Å². The Morgan fingerprint density at radius 1 is 1.15 bits per heavy atom.